The van der Waals surface area contributed by atoms with E-state index in [-0.39, 0.29) is 18.1 Å². The number of hydrogen-bond acceptors (Lipinski definition) is 4. The van der Waals surface area contributed by atoms with Gasteiger partial charge in [-0.1, -0.05) is 12.1 Å². The molecule has 1 amide bonds. The lowest BCUT2D eigenvalue weighted by molar-refractivity contribution is -0.385. The molecule has 0 aliphatic heterocycles. The van der Waals surface area contributed by atoms with Gasteiger partial charge < -0.3 is 5.32 Å². The Morgan fingerprint density at radius 3 is 2.85 bits per heavy atom. The maximum atomic E-state index is 11.9. The molecule has 0 spiro atoms. The van der Waals surface area contributed by atoms with E-state index in [1.807, 2.05) is 32.0 Å². The average molecular weight is 274 g/mol. The third kappa shape index (κ3) is 3.19. The summed E-state index contributed by atoms with van der Waals surface area (Å²) in [6.45, 7) is 3.76. The summed E-state index contributed by atoms with van der Waals surface area (Å²) in [5.41, 5.74) is 2.59. The van der Waals surface area contributed by atoms with Gasteiger partial charge in [0.1, 0.15) is 18.9 Å². The van der Waals surface area contributed by atoms with E-state index in [4.69, 9.17) is 0 Å². The maximum absolute atomic E-state index is 11.9. The lowest BCUT2D eigenvalue weighted by atomic mass is 10.1. The summed E-state index contributed by atoms with van der Waals surface area (Å²) >= 11 is 0. The van der Waals surface area contributed by atoms with Gasteiger partial charge in [-0.05, 0) is 31.0 Å². The zero-order chi connectivity index (χ0) is 14.7. The van der Waals surface area contributed by atoms with Crippen molar-refractivity contribution in [2.24, 2.45) is 0 Å². The molecule has 20 heavy (non-hydrogen) atoms. The second-order valence-corrected chi connectivity index (χ2v) is 4.52. The first kappa shape index (κ1) is 13.7. The first-order valence-electron chi connectivity index (χ1n) is 5.99. The number of aryl methyl sites for hydroxylation is 2. The van der Waals surface area contributed by atoms with E-state index in [9.17, 15) is 14.9 Å². The van der Waals surface area contributed by atoms with Crippen LogP contribution < -0.4 is 5.32 Å². The maximum Gasteiger partial charge on any atom is 0.307 e. The minimum absolute atomic E-state index is 0.0682. The largest absolute Gasteiger partial charge is 0.324 e. The molecule has 0 atom stereocenters. The lowest BCUT2D eigenvalue weighted by Crippen LogP contribution is -2.19. The number of aromatic nitrogens is 2. The topological polar surface area (TPSA) is 90.1 Å². The van der Waals surface area contributed by atoms with Crippen molar-refractivity contribution in [1.29, 1.82) is 0 Å². The standard InChI is InChI=1S/C13H14N4O3/c1-9-3-4-10(2)12(5-9)15-13(18)8-16-7-11(6-14-16)17(19)20/h3-7H,8H2,1-2H3,(H,15,18). The summed E-state index contributed by atoms with van der Waals surface area (Å²) in [7, 11) is 0. The van der Waals surface area contributed by atoms with Crippen LogP contribution in [0.5, 0.6) is 0 Å². The molecule has 1 aromatic heterocycles. The van der Waals surface area contributed by atoms with Gasteiger partial charge in [-0.3, -0.25) is 19.6 Å². The number of anilines is 1. The minimum Gasteiger partial charge on any atom is -0.324 e. The van der Waals surface area contributed by atoms with Gasteiger partial charge in [-0.25, -0.2) is 0 Å². The predicted octanol–water partition coefficient (Wildman–Crippen LogP) is 2.05. The van der Waals surface area contributed by atoms with Crippen molar-refractivity contribution in [3.8, 4) is 0 Å². The van der Waals surface area contributed by atoms with Crippen LogP contribution in [0.3, 0.4) is 0 Å². The van der Waals surface area contributed by atoms with Gasteiger partial charge in [0.2, 0.25) is 5.91 Å². The van der Waals surface area contributed by atoms with E-state index in [2.05, 4.69) is 10.4 Å². The molecule has 0 aliphatic rings. The Balaban J connectivity index is 2.05. The summed E-state index contributed by atoms with van der Waals surface area (Å²) in [5.74, 6) is -0.281. The Morgan fingerprint density at radius 1 is 1.45 bits per heavy atom. The number of carbonyl (C=O) groups is 1. The van der Waals surface area contributed by atoms with Crippen molar-refractivity contribution < 1.29 is 9.72 Å². The molecule has 0 radical (unpaired) electrons. The molecular formula is C13H14N4O3. The number of benzene rings is 1. The Morgan fingerprint density at radius 2 is 2.20 bits per heavy atom. The molecule has 104 valence electrons. The Hall–Kier alpha value is -2.70. The monoisotopic (exact) mass is 274 g/mol. The Kier molecular flexibility index (Phi) is 3.79. The highest BCUT2D eigenvalue weighted by atomic mass is 16.6. The third-order valence-corrected chi connectivity index (χ3v) is 2.80. The van der Waals surface area contributed by atoms with E-state index >= 15 is 0 Å². The highest BCUT2D eigenvalue weighted by Gasteiger charge is 2.11. The SMILES string of the molecule is Cc1ccc(C)c(NC(=O)Cn2cc([N+](=O)[O-])cn2)c1. The van der Waals surface area contributed by atoms with E-state index < -0.39 is 4.92 Å². The Bertz CT molecular complexity index is 663. The molecule has 7 heteroatoms. The van der Waals surface area contributed by atoms with Gasteiger partial charge in [0, 0.05) is 5.69 Å². The van der Waals surface area contributed by atoms with Gasteiger partial charge in [0.25, 0.3) is 0 Å². The summed E-state index contributed by atoms with van der Waals surface area (Å²) in [4.78, 5) is 21.9. The van der Waals surface area contributed by atoms with Crippen LogP contribution in [-0.4, -0.2) is 20.6 Å². The van der Waals surface area contributed by atoms with Gasteiger partial charge in [-0.2, -0.15) is 5.10 Å². The fourth-order valence-corrected chi connectivity index (χ4v) is 1.74. The van der Waals surface area contributed by atoms with Crippen LogP contribution >= 0.6 is 0 Å². The summed E-state index contributed by atoms with van der Waals surface area (Å²) in [5, 5.41) is 17.1. The highest BCUT2D eigenvalue weighted by molar-refractivity contribution is 5.91. The molecule has 0 saturated carbocycles. The number of rotatable bonds is 4. The molecule has 1 heterocycles. The van der Waals surface area contributed by atoms with Crippen molar-refractivity contribution in [3.63, 3.8) is 0 Å². The molecule has 0 bridgehead atoms. The van der Waals surface area contributed by atoms with Crippen molar-refractivity contribution in [1.82, 2.24) is 9.78 Å². The van der Waals surface area contributed by atoms with Crippen LogP contribution in [0.15, 0.2) is 30.6 Å². The van der Waals surface area contributed by atoms with Crippen LogP contribution in [0.2, 0.25) is 0 Å². The second-order valence-electron chi connectivity index (χ2n) is 4.52. The predicted molar refractivity (Wildman–Crippen MR) is 73.4 cm³/mol. The smallest absolute Gasteiger partial charge is 0.307 e. The van der Waals surface area contributed by atoms with Crippen molar-refractivity contribution >= 4 is 17.3 Å². The number of carbonyl (C=O) groups excluding carboxylic acids is 1. The third-order valence-electron chi connectivity index (χ3n) is 2.80. The zero-order valence-corrected chi connectivity index (χ0v) is 11.2. The molecule has 0 unspecified atom stereocenters. The number of nitrogens with one attached hydrogen (secondary N) is 1. The van der Waals surface area contributed by atoms with Crippen LogP contribution in [0.1, 0.15) is 11.1 Å². The average Bonchev–Trinajstić information content (AvgIpc) is 2.82. The number of nitro groups is 1. The van der Waals surface area contributed by atoms with Crippen molar-refractivity contribution in [2.75, 3.05) is 5.32 Å². The van der Waals surface area contributed by atoms with Gasteiger partial charge >= 0.3 is 5.69 Å². The highest BCUT2D eigenvalue weighted by Crippen LogP contribution is 2.16. The van der Waals surface area contributed by atoms with Crippen molar-refractivity contribution in [3.05, 3.63) is 51.8 Å². The quantitative estimate of drug-likeness (QED) is 0.682. The van der Waals surface area contributed by atoms with Gasteiger partial charge in [0.05, 0.1) is 4.92 Å². The fourth-order valence-electron chi connectivity index (χ4n) is 1.74. The van der Waals surface area contributed by atoms with E-state index in [0.717, 1.165) is 23.0 Å². The van der Waals surface area contributed by atoms with Crippen LogP contribution in [0.4, 0.5) is 11.4 Å². The zero-order valence-electron chi connectivity index (χ0n) is 11.2. The molecule has 0 saturated heterocycles. The molecule has 0 fully saturated rings. The molecule has 1 aromatic carbocycles. The first-order chi connectivity index (χ1) is 9.45. The van der Waals surface area contributed by atoms with E-state index in [0.29, 0.717) is 0 Å². The van der Waals surface area contributed by atoms with E-state index in [1.54, 1.807) is 0 Å². The number of amides is 1. The molecule has 7 nitrogen and oxygen atoms in total. The summed E-state index contributed by atoms with van der Waals surface area (Å²) in [6, 6.07) is 5.75. The van der Waals surface area contributed by atoms with Gasteiger partial charge in [-0.15, -0.1) is 0 Å². The van der Waals surface area contributed by atoms with E-state index in [1.165, 1.54) is 10.9 Å². The fraction of sp³-hybridized carbons (Fsp3) is 0.231. The second kappa shape index (κ2) is 5.52. The van der Waals surface area contributed by atoms with Crippen LogP contribution in [0.25, 0.3) is 0 Å². The molecule has 2 aromatic rings. The van der Waals surface area contributed by atoms with Gasteiger partial charge in [0.15, 0.2) is 0 Å². The Labute approximate surface area is 115 Å². The molecule has 2 rings (SSSR count). The van der Waals surface area contributed by atoms with Crippen LogP contribution in [-0.2, 0) is 11.3 Å². The molecule has 0 aliphatic carbocycles. The summed E-state index contributed by atoms with van der Waals surface area (Å²) < 4.78 is 1.23. The van der Waals surface area contributed by atoms with Crippen molar-refractivity contribution in [2.45, 2.75) is 20.4 Å². The normalized spacial score (nSPS) is 10.3. The van der Waals surface area contributed by atoms with Crippen LogP contribution in [0, 0.1) is 24.0 Å². The number of nitrogens with zero attached hydrogens (tertiary/aromatic N) is 3. The molecule has 1 N–H and O–H groups in total. The lowest BCUT2D eigenvalue weighted by Gasteiger charge is -2.09. The minimum atomic E-state index is -0.549. The molecular weight excluding hydrogens is 260 g/mol. The summed E-state index contributed by atoms with van der Waals surface area (Å²) in [6.07, 6.45) is 2.34. The number of hydrogen-bond donors (Lipinski definition) is 1. The first-order valence-corrected chi connectivity index (χ1v) is 5.99.